The Morgan fingerprint density at radius 1 is 1.12 bits per heavy atom. The van der Waals surface area contributed by atoms with E-state index in [4.69, 9.17) is 5.73 Å². The first-order chi connectivity index (χ1) is 7.90. The van der Waals surface area contributed by atoms with E-state index in [-0.39, 0.29) is 0 Å². The molecule has 0 bridgehead atoms. The number of hydrogen-bond acceptors (Lipinski definition) is 5. The maximum atomic E-state index is 5.51. The van der Waals surface area contributed by atoms with Crippen molar-refractivity contribution in [3.05, 3.63) is 18.5 Å². The lowest BCUT2D eigenvalue weighted by Gasteiger charge is -2.34. The van der Waals surface area contributed by atoms with Crippen LogP contribution in [0.15, 0.2) is 18.5 Å². The summed E-state index contributed by atoms with van der Waals surface area (Å²) in [5, 5.41) is 0. The molecule has 1 aromatic rings. The van der Waals surface area contributed by atoms with Crippen LogP contribution in [-0.4, -0.2) is 54.1 Å². The number of aromatic nitrogens is 2. The predicted octanol–water partition coefficient (Wildman–Crippen LogP) is -0.0526. The molecule has 16 heavy (non-hydrogen) atoms. The van der Waals surface area contributed by atoms with Crippen molar-refractivity contribution in [3.8, 4) is 0 Å². The quantitative estimate of drug-likeness (QED) is 0.772. The fourth-order valence-corrected chi connectivity index (χ4v) is 1.94. The molecule has 2 N–H and O–H groups in total. The van der Waals surface area contributed by atoms with Crippen molar-refractivity contribution in [1.29, 1.82) is 0 Å². The third-order valence-electron chi connectivity index (χ3n) is 2.89. The average Bonchev–Trinajstić information content (AvgIpc) is 2.38. The van der Waals surface area contributed by atoms with Crippen molar-refractivity contribution >= 4 is 5.95 Å². The summed E-state index contributed by atoms with van der Waals surface area (Å²) in [5.74, 6) is 0.848. The normalized spacial score (nSPS) is 17.7. The molecule has 2 heterocycles. The fourth-order valence-electron chi connectivity index (χ4n) is 1.94. The van der Waals surface area contributed by atoms with Gasteiger partial charge in [0.15, 0.2) is 0 Å². The second kappa shape index (κ2) is 5.77. The third kappa shape index (κ3) is 2.90. The van der Waals surface area contributed by atoms with E-state index in [1.54, 1.807) is 12.4 Å². The van der Waals surface area contributed by atoms with E-state index in [2.05, 4.69) is 19.8 Å². The van der Waals surface area contributed by atoms with Gasteiger partial charge in [0, 0.05) is 38.6 Å². The average molecular weight is 221 g/mol. The van der Waals surface area contributed by atoms with Gasteiger partial charge in [-0.3, -0.25) is 4.90 Å². The van der Waals surface area contributed by atoms with Gasteiger partial charge in [-0.2, -0.15) is 0 Å². The first-order valence-corrected chi connectivity index (χ1v) is 5.84. The minimum atomic E-state index is 0.780. The highest BCUT2D eigenvalue weighted by atomic mass is 15.3. The Morgan fingerprint density at radius 3 is 2.44 bits per heavy atom. The lowest BCUT2D eigenvalue weighted by atomic mass is 10.3. The Bertz CT molecular complexity index is 295. The Labute approximate surface area is 96.3 Å². The molecule has 1 aromatic heterocycles. The molecule has 0 amide bonds. The monoisotopic (exact) mass is 221 g/mol. The van der Waals surface area contributed by atoms with Gasteiger partial charge >= 0.3 is 0 Å². The highest BCUT2D eigenvalue weighted by Crippen LogP contribution is 2.09. The minimum Gasteiger partial charge on any atom is -0.338 e. The number of nitrogens with zero attached hydrogens (tertiary/aromatic N) is 4. The van der Waals surface area contributed by atoms with E-state index in [1.165, 1.54) is 0 Å². The van der Waals surface area contributed by atoms with Gasteiger partial charge in [0.2, 0.25) is 5.95 Å². The first-order valence-electron chi connectivity index (χ1n) is 5.84. The molecule has 0 saturated carbocycles. The molecule has 0 atom stereocenters. The molecule has 2 rings (SSSR count). The smallest absolute Gasteiger partial charge is 0.225 e. The Morgan fingerprint density at radius 2 is 1.81 bits per heavy atom. The number of hydrogen-bond donors (Lipinski definition) is 1. The van der Waals surface area contributed by atoms with Crippen LogP contribution in [0.1, 0.15) is 6.42 Å². The maximum Gasteiger partial charge on any atom is 0.225 e. The molecule has 88 valence electrons. The van der Waals surface area contributed by atoms with Gasteiger partial charge in [-0.05, 0) is 25.6 Å². The lowest BCUT2D eigenvalue weighted by molar-refractivity contribution is 0.255. The van der Waals surface area contributed by atoms with E-state index in [1.807, 2.05) is 6.07 Å². The van der Waals surface area contributed by atoms with Crippen LogP contribution in [0, 0.1) is 0 Å². The molecule has 0 spiro atoms. The van der Waals surface area contributed by atoms with Gasteiger partial charge in [0.1, 0.15) is 0 Å². The van der Waals surface area contributed by atoms with Crippen LogP contribution in [-0.2, 0) is 0 Å². The molecular weight excluding hydrogens is 202 g/mol. The van der Waals surface area contributed by atoms with Crippen molar-refractivity contribution in [3.63, 3.8) is 0 Å². The molecule has 0 radical (unpaired) electrons. The minimum absolute atomic E-state index is 0.780. The molecule has 0 unspecified atom stereocenters. The first kappa shape index (κ1) is 11.3. The highest BCUT2D eigenvalue weighted by molar-refractivity contribution is 5.29. The molecule has 0 aliphatic carbocycles. The van der Waals surface area contributed by atoms with Gasteiger partial charge in [0.05, 0.1) is 0 Å². The largest absolute Gasteiger partial charge is 0.338 e. The van der Waals surface area contributed by atoms with Crippen LogP contribution in [0.2, 0.25) is 0 Å². The third-order valence-corrected chi connectivity index (χ3v) is 2.89. The van der Waals surface area contributed by atoms with Gasteiger partial charge in [-0.15, -0.1) is 0 Å². The standard InChI is InChI=1S/C11H19N5/c12-3-1-6-15-7-9-16(10-8-15)11-13-4-2-5-14-11/h2,4-5H,1,3,6-10,12H2. The molecule has 0 aromatic carbocycles. The molecular formula is C11H19N5. The van der Waals surface area contributed by atoms with E-state index < -0.39 is 0 Å². The van der Waals surface area contributed by atoms with E-state index in [0.29, 0.717) is 0 Å². The highest BCUT2D eigenvalue weighted by Gasteiger charge is 2.17. The van der Waals surface area contributed by atoms with Gasteiger partial charge < -0.3 is 10.6 Å². The van der Waals surface area contributed by atoms with Crippen molar-refractivity contribution in [1.82, 2.24) is 14.9 Å². The number of nitrogens with two attached hydrogens (primary N) is 1. The summed E-state index contributed by atoms with van der Waals surface area (Å²) < 4.78 is 0. The van der Waals surface area contributed by atoms with Crippen LogP contribution < -0.4 is 10.6 Å². The number of anilines is 1. The van der Waals surface area contributed by atoms with E-state index in [0.717, 1.165) is 51.6 Å². The van der Waals surface area contributed by atoms with Crippen LogP contribution in [0.4, 0.5) is 5.95 Å². The summed E-state index contributed by atoms with van der Waals surface area (Å²) in [4.78, 5) is 13.2. The Balaban J connectivity index is 1.81. The predicted molar refractivity (Wildman–Crippen MR) is 64.4 cm³/mol. The second-order valence-corrected chi connectivity index (χ2v) is 4.02. The molecule has 5 nitrogen and oxygen atoms in total. The summed E-state index contributed by atoms with van der Waals surface area (Å²) in [6.07, 6.45) is 4.67. The summed E-state index contributed by atoms with van der Waals surface area (Å²) in [6, 6.07) is 1.85. The van der Waals surface area contributed by atoms with Crippen molar-refractivity contribution < 1.29 is 0 Å². The second-order valence-electron chi connectivity index (χ2n) is 4.02. The fraction of sp³-hybridized carbons (Fsp3) is 0.636. The zero-order valence-electron chi connectivity index (χ0n) is 9.55. The molecule has 1 aliphatic heterocycles. The summed E-state index contributed by atoms with van der Waals surface area (Å²) >= 11 is 0. The molecule has 1 saturated heterocycles. The van der Waals surface area contributed by atoms with Crippen molar-refractivity contribution in [2.75, 3.05) is 44.2 Å². The van der Waals surface area contributed by atoms with Crippen LogP contribution in [0.5, 0.6) is 0 Å². The lowest BCUT2D eigenvalue weighted by Crippen LogP contribution is -2.47. The zero-order valence-corrected chi connectivity index (χ0v) is 9.55. The molecule has 1 aliphatic rings. The van der Waals surface area contributed by atoms with Crippen LogP contribution in [0.3, 0.4) is 0 Å². The Hall–Kier alpha value is -1.20. The Kier molecular flexibility index (Phi) is 4.07. The maximum absolute atomic E-state index is 5.51. The van der Waals surface area contributed by atoms with Gasteiger partial charge in [-0.1, -0.05) is 0 Å². The summed E-state index contributed by atoms with van der Waals surface area (Å²) in [7, 11) is 0. The van der Waals surface area contributed by atoms with E-state index in [9.17, 15) is 0 Å². The van der Waals surface area contributed by atoms with Crippen LogP contribution >= 0.6 is 0 Å². The molecule has 1 fully saturated rings. The van der Waals surface area contributed by atoms with Crippen LogP contribution in [0.25, 0.3) is 0 Å². The zero-order chi connectivity index (χ0) is 11.2. The number of rotatable bonds is 4. The summed E-state index contributed by atoms with van der Waals surface area (Å²) in [5.41, 5.74) is 5.51. The van der Waals surface area contributed by atoms with Gasteiger partial charge in [-0.25, -0.2) is 9.97 Å². The van der Waals surface area contributed by atoms with Gasteiger partial charge in [0.25, 0.3) is 0 Å². The van der Waals surface area contributed by atoms with E-state index >= 15 is 0 Å². The van der Waals surface area contributed by atoms with Crippen molar-refractivity contribution in [2.24, 2.45) is 5.73 Å². The topological polar surface area (TPSA) is 58.3 Å². The SMILES string of the molecule is NCCCN1CCN(c2ncccn2)CC1. The van der Waals surface area contributed by atoms with Crippen molar-refractivity contribution in [2.45, 2.75) is 6.42 Å². The number of piperazine rings is 1. The summed E-state index contributed by atoms with van der Waals surface area (Å²) in [6.45, 7) is 6.07. The molecule has 5 heteroatoms.